The fraction of sp³-hybridized carbons (Fsp3) is 0.368. The molecule has 27 heavy (non-hydrogen) atoms. The molecule has 0 bridgehead atoms. The van der Waals surface area contributed by atoms with Crippen molar-refractivity contribution in [3.05, 3.63) is 51.1 Å². The van der Waals surface area contributed by atoms with Crippen molar-refractivity contribution < 1.29 is 14.3 Å². The maximum absolute atomic E-state index is 12.4. The monoisotopic (exact) mass is 451 g/mol. The van der Waals surface area contributed by atoms with E-state index in [2.05, 4.69) is 26.6 Å². The normalized spacial score (nSPS) is 16.4. The van der Waals surface area contributed by atoms with Crippen LogP contribution in [0, 0.1) is 0 Å². The Morgan fingerprint density at radius 1 is 1.26 bits per heavy atom. The number of thiophene rings is 1. The van der Waals surface area contributed by atoms with E-state index in [0.29, 0.717) is 18.8 Å². The van der Waals surface area contributed by atoms with Crippen molar-refractivity contribution in [2.45, 2.75) is 25.5 Å². The fourth-order valence-electron chi connectivity index (χ4n) is 2.95. The van der Waals surface area contributed by atoms with E-state index >= 15 is 0 Å². The Morgan fingerprint density at radius 2 is 2.07 bits per heavy atom. The van der Waals surface area contributed by atoms with Gasteiger partial charge in [-0.1, -0.05) is 22.0 Å². The first-order chi connectivity index (χ1) is 13.1. The molecule has 1 aromatic carbocycles. The van der Waals surface area contributed by atoms with Gasteiger partial charge in [-0.05, 0) is 48.6 Å². The average Bonchev–Trinajstić information content (AvgIpc) is 3.31. The molecule has 6 nitrogen and oxygen atoms in total. The summed E-state index contributed by atoms with van der Waals surface area (Å²) < 4.78 is 6.62. The number of urea groups is 1. The molecule has 0 aliphatic carbocycles. The molecule has 2 heterocycles. The third-order valence-electron chi connectivity index (χ3n) is 4.17. The minimum Gasteiger partial charge on any atom is -0.377 e. The number of hydrogen-bond donors (Lipinski definition) is 2. The summed E-state index contributed by atoms with van der Waals surface area (Å²) >= 11 is 5.00. The van der Waals surface area contributed by atoms with E-state index in [1.165, 1.54) is 4.88 Å². The maximum Gasteiger partial charge on any atom is 0.325 e. The minimum atomic E-state index is -0.532. The first-order valence-electron chi connectivity index (χ1n) is 8.81. The lowest BCUT2D eigenvalue weighted by Gasteiger charge is -2.24. The molecule has 1 atom stereocenters. The summed E-state index contributed by atoms with van der Waals surface area (Å²) in [6, 6.07) is 10.7. The number of nitrogens with zero attached hydrogens (tertiary/aromatic N) is 1. The standard InChI is InChI=1S/C19H22BrN3O3S/c20-14-5-7-15(8-6-14)21-19(25)22-18(24)13-23(11-16-3-1-9-26-16)12-17-4-2-10-27-17/h2,4-8,10,16H,1,3,9,11-13H2,(H2,21,22,24,25). The van der Waals surface area contributed by atoms with Gasteiger partial charge in [0.05, 0.1) is 12.6 Å². The van der Waals surface area contributed by atoms with Gasteiger partial charge in [-0.15, -0.1) is 11.3 Å². The number of rotatable bonds is 7. The number of anilines is 1. The molecule has 1 unspecified atom stereocenters. The average molecular weight is 452 g/mol. The van der Waals surface area contributed by atoms with Gasteiger partial charge in [0.1, 0.15) is 0 Å². The van der Waals surface area contributed by atoms with Crippen LogP contribution < -0.4 is 10.6 Å². The van der Waals surface area contributed by atoms with E-state index in [9.17, 15) is 9.59 Å². The highest BCUT2D eigenvalue weighted by Crippen LogP contribution is 2.17. The summed E-state index contributed by atoms with van der Waals surface area (Å²) in [4.78, 5) is 27.6. The Kier molecular flexibility index (Phi) is 7.40. The van der Waals surface area contributed by atoms with Crippen LogP contribution in [0.25, 0.3) is 0 Å². The maximum atomic E-state index is 12.4. The molecule has 0 saturated carbocycles. The highest BCUT2D eigenvalue weighted by atomic mass is 79.9. The second-order valence-electron chi connectivity index (χ2n) is 6.39. The quantitative estimate of drug-likeness (QED) is 0.670. The Morgan fingerprint density at radius 3 is 2.74 bits per heavy atom. The Balaban J connectivity index is 1.52. The van der Waals surface area contributed by atoms with E-state index < -0.39 is 6.03 Å². The molecule has 2 N–H and O–H groups in total. The zero-order chi connectivity index (χ0) is 19.1. The van der Waals surface area contributed by atoms with Crippen molar-refractivity contribution in [1.82, 2.24) is 10.2 Å². The Labute approximate surface area is 171 Å². The largest absolute Gasteiger partial charge is 0.377 e. The number of benzene rings is 1. The third kappa shape index (κ3) is 6.73. The molecule has 144 valence electrons. The van der Waals surface area contributed by atoms with E-state index in [-0.39, 0.29) is 18.6 Å². The minimum absolute atomic E-state index is 0.144. The molecule has 0 spiro atoms. The topological polar surface area (TPSA) is 70.7 Å². The van der Waals surface area contributed by atoms with Gasteiger partial charge < -0.3 is 10.1 Å². The number of imide groups is 1. The molecule has 1 saturated heterocycles. The summed E-state index contributed by atoms with van der Waals surface area (Å²) in [7, 11) is 0. The Hall–Kier alpha value is -1.74. The van der Waals surface area contributed by atoms with Crippen molar-refractivity contribution in [1.29, 1.82) is 0 Å². The van der Waals surface area contributed by atoms with Crippen molar-refractivity contribution in [3.63, 3.8) is 0 Å². The molecule has 1 aliphatic heterocycles. The fourth-order valence-corrected chi connectivity index (χ4v) is 3.96. The van der Waals surface area contributed by atoms with Crippen LogP contribution in [0.2, 0.25) is 0 Å². The van der Waals surface area contributed by atoms with Crippen LogP contribution in [0.3, 0.4) is 0 Å². The van der Waals surface area contributed by atoms with Crippen LogP contribution in [-0.4, -0.2) is 42.6 Å². The van der Waals surface area contributed by atoms with Crippen molar-refractivity contribution in [2.24, 2.45) is 0 Å². The van der Waals surface area contributed by atoms with Gasteiger partial charge in [-0.2, -0.15) is 0 Å². The summed E-state index contributed by atoms with van der Waals surface area (Å²) in [6.07, 6.45) is 2.21. The number of carbonyl (C=O) groups excluding carboxylic acids is 2. The summed E-state index contributed by atoms with van der Waals surface area (Å²) in [6.45, 7) is 2.27. The number of hydrogen-bond acceptors (Lipinski definition) is 5. The first-order valence-corrected chi connectivity index (χ1v) is 10.5. The van der Waals surface area contributed by atoms with Crippen LogP contribution in [-0.2, 0) is 16.1 Å². The van der Waals surface area contributed by atoms with Crippen molar-refractivity contribution >= 4 is 44.9 Å². The lowest BCUT2D eigenvalue weighted by Crippen LogP contribution is -2.43. The predicted molar refractivity (Wildman–Crippen MR) is 110 cm³/mol. The number of amides is 3. The second kappa shape index (κ2) is 9.98. The summed E-state index contributed by atoms with van der Waals surface area (Å²) in [5.41, 5.74) is 0.623. The SMILES string of the molecule is O=C(CN(Cc1cccs1)CC1CCCO1)NC(=O)Nc1ccc(Br)cc1. The first kappa shape index (κ1) is 20.0. The Bertz CT molecular complexity index is 746. The van der Waals surface area contributed by atoms with Crippen LogP contribution in [0.5, 0.6) is 0 Å². The van der Waals surface area contributed by atoms with Gasteiger partial charge in [-0.3, -0.25) is 15.0 Å². The van der Waals surface area contributed by atoms with E-state index in [4.69, 9.17) is 4.74 Å². The van der Waals surface area contributed by atoms with Crippen LogP contribution in [0.15, 0.2) is 46.3 Å². The molecule has 3 amide bonds. The molecule has 8 heteroatoms. The lowest BCUT2D eigenvalue weighted by molar-refractivity contribution is -0.121. The summed E-state index contributed by atoms with van der Waals surface area (Å²) in [5.74, 6) is -0.334. The van der Waals surface area contributed by atoms with Gasteiger partial charge in [0.25, 0.3) is 0 Å². The van der Waals surface area contributed by atoms with Gasteiger partial charge in [0, 0.05) is 34.7 Å². The van der Waals surface area contributed by atoms with Crippen molar-refractivity contribution in [3.8, 4) is 0 Å². The molecule has 0 radical (unpaired) electrons. The number of ether oxygens (including phenoxy) is 1. The number of halogens is 1. The molecule has 2 aromatic rings. The van der Waals surface area contributed by atoms with Crippen LogP contribution >= 0.6 is 27.3 Å². The molecule has 3 rings (SSSR count). The van der Waals surface area contributed by atoms with Gasteiger partial charge in [-0.25, -0.2) is 4.79 Å². The highest BCUT2D eigenvalue weighted by molar-refractivity contribution is 9.10. The van der Waals surface area contributed by atoms with Gasteiger partial charge in [0.15, 0.2) is 0 Å². The molecule has 1 fully saturated rings. The highest BCUT2D eigenvalue weighted by Gasteiger charge is 2.22. The smallest absolute Gasteiger partial charge is 0.325 e. The van der Waals surface area contributed by atoms with E-state index in [1.807, 2.05) is 34.5 Å². The molecular weight excluding hydrogens is 430 g/mol. The number of nitrogens with one attached hydrogen (secondary N) is 2. The second-order valence-corrected chi connectivity index (χ2v) is 8.34. The zero-order valence-electron chi connectivity index (χ0n) is 14.8. The molecular formula is C19H22BrN3O3S. The van der Waals surface area contributed by atoms with Crippen LogP contribution in [0.4, 0.5) is 10.5 Å². The predicted octanol–water partition coefficient (Wildman–Crippen LogP) is 3.84. The van der Waals surface area contributed by atoms with Gasteiger partial charge in [0.2, 0.25) is 5.91 Å². The van der Waals surface area contributed by atoms with E-state index in [0.717, 1.165) is 23.9 Å². The summed E-state index contributed by atoms with van der Waals surface area (Å²) in [5, 5.41) is 7.08. The molecule has 1 aromatic heterocycles. The molecule has 1 aliphatic rings. The lowest BCUT2D eigenvalue weighted by atomic mass is 10.2. The van der Waals surface area contributed by atoms with Crippen LogP contribution in [0.1, 0.15) is 17.7 Å². The van der Waals surface area contributed by atoms with Gasteiger partial charge >= 0.3 is 6.03 Å². The van der Waals surface area contributed by atoms with E-state index in [1.54, 1.807) is 23.5 Å². The third-order valence-corrected chi connectivity index (χ3v) is 5.56. The van der Waals surface area contributed by atoms with Crippen molar-refractivity contribution in [2.75, 3.05) is 25.0 Å². The number of carbonyl (C=O) groups is 2. The zero-order valence-corrected chi connectivity index (χ0v) is 17.2.